The summed E-state index contributed by atoms with van der Waals surface area (Å²) in [5.41, 5.74) is 0.883. The Morgan fingerprint density at radius 1 is 1.50 bits per heavy atom. The van der Waals surface area contributed by atoms with Crippen LogP contribution in [-0.4, -0.2) is 16.0 Å². The van der Waals surface area contributed by atoms with Crippen LogP contribution in [0.1, 0.15) is 17.3 Å². The molecular formula is C12H10N4O2. The normalized spacial score (nSPS) is 9.78. The lowest BCUT2D eigenvalue weighted by atomic mass is 10.2. The van der Waals surface area contributed by atoms with Crippen LogP contribution in [0.25, 0.3) is 0 Å². The number of anilines is 1. The van der Waals surface area contributed by atoms with Gasteiger partial charge in [-0.25, -0.2) is 0 Å². The molecule has 0 fully saturated rings. The second-order valence-corrected chi connectivity index (χ2v) is 3.62. The summed E-state index contributed by atoms with van der Waals surface area (Å²) in [6.07, 6.45) is -0.0133. The fraction of sp³-hybridized carbons (Fsp3) is 0.167. The largest absolute Gasteiger partial charge is 0.339 e. The molecule has 0 saturated heterocycles. The number of aromatic nitrogens is 2. The number of carbonyl (C=O) groups excluding carboxylic acids is 1. The summed E-state index contributed by atoms with van der Waals surface area (Å²) in [7, 11) is 0. The van der Waals surface area contributed by atoms with Crippen molar-refractivity contribution in [2.24, 2.45) is 0 Å². The molecular weight excluding hydrogens is 232 g/mol. The van der Waals surface area contributed by atoms with E-state index in [1.165, 1.54) is 0 Å². The maximum atomic E-state index is 11.7. The molecule has 2 rings (SSSR count). The zero-order valence-corrected chi connectivity index (χ0v) is 9.67. The first-order valence-electron chi connectivity index (χ1n) is 5.27. The quantitative estimate of drug-likeness (QED) is 0.878. The Hall–Kier alpha value is -2.68. The van der Waals surface area contributed by atoms with E-state index in [1.54, 1.807) is 31.2 Å². The van der Waals surface area contributed by atoms with Crippen LogP contribution in [0, 0.1) is 18.3 Å². The Morgan fingerprint density at radius 3 is 2.94 bits per heavy atom. The van der Waals surface area contributed by atoms with Gasteiger partial charge in [0.15, 0.2) is 5.82 Å². The number of benzene rings is 1. The summed E-state index contributed by atoms with van der Waals surface area (Å²) in [6, 6.07) is 8.77. The number of carbonyl (C=O) groups is 1. The average Bonchev–Trinajstić information content (AvgIpc) is 2.75. The van der Waals surface area contributed by atoms with E-state index in [1.807, 2.05) is 6.07 Å². The second kappa shape index (κ2) is 5.10. The Labute approximate surface area is 103 Å². The summed E-state index contributed by atoms with van der Waals surface area (Å²) in [5.74, 6) is 0.427. The Bertz CT molecular complexity index is 613. The Balaban J connectivity index is 2.06. The van der Waals surface area contributed by atoms with Crippen molar-refractivity contribution < 1.29 is 9.32 Å². The third kappa shape index (κ3) is 2.71. The van der Waals surface area contributed by atoms with Gasteiger partial charge in [-0.2, -0.15) is 10.2 Å². The summed E-state index contributed by atoms with van der Waals surface area (Å²) in [6.45, 7) is 1.68. The van der Waals surface area contributed by atoms with Gasteiger partial charge in [-0.05, 0) is 19.1 Å². The lowest BCUT2D eigenvalue weighted by Crippen LogP contribution is -2.15. The molecule has 0 aliphatic heterocycles. The molecule has 0 spiro atoms. The molecule has 1 heterocycles. The number of aryl methyl sites for hydroxylation is 1. The fourth-order valence-electron chi connectivity index (χ4n) is 1.43. The smallest absolute Gasteiger partial charge is 0.236 e. The molecule has 0 unspecified atom stereocenters. The molecule has 0 atom stereocenters. The minimum atomic E-state index is -0.304. The van der Waals surface area contributed by atoms with Gasteiger partial charge in [0.2, 0.25) is 11.8 Å². The molecule has 1 aromatic heterocycles. The van der Waals surface area contributed by atoms with Crippen molar-refractivity contribution in [1.82, 2.24) is 10.1 Å². The standard InChI is InChI=1S/C12H10N4O2/c1-8-14-12(18-16-8)6-11(17)15-10-5-3-2-4-9(10)7-13/h2-5H,6H2,1H3,(H,15,17). The van der Waals surface area contributed by atoms with E-state index in [0.29, 0.717) is 17.1 Å². The number of nitrogens with one attached hydrogen (secondary N) is 1. The van der Waals surface area contributed by atoms with Gasteiger partial charge >= 0.3 is 0 Å². The number of hydrogen-bond donors (Lipinski definition) is 1. The highest BCUT2D eigenvalue weighted by molar-refractivity contribution is 5.92. The summed E-state index contributed by atoms with van der Waals surface area (Å²) >= 11 is 0. The first kappa shape index (κ1) is 11.8. The molecule has 0 aliphatic carbocycles. The SMILES string of the molecule is Cc1noc(CC(=O)Nc2ccccc2C#N)n1. The zero-order valence-electron chi connectivity index (χ0n) is 9.67. The zero-order chi connectivity index (χ0) is 13.0. The van der Waals surface area contributed by atoms with Crippen molar-refractivity contribution in [2.45, 2.75) is 13.3 Å². The number of rotatable bonds is 3. The highest BCUT2D eigenvalue weighted by atomic mass is 16.5. The van der Waals surface area contributed by atoms with Crippen LogP contribution < -0.4 is 5.32 Å². The third-order valence-corrected chi connectivity index (χ3v) is 2.20. The highest BCUT2D eigenvalue weighted by Gasteiger charge is 2.11. The van der Waals surface area contributed by atoms with Gasteiger partial charge in [-0.15, -0.1) is 0 Å². The monoisotopic (exact) mass is 242 g/mol. The van der Waals surface area contributed by atoms with Gasteiger partial charge in [0.25, 0.3) is 0 Å². The number of hydrogen-bond acceptors (Lipinski definition) is 5. The molecule has 0 saturated carbocycles. The molecule has 0 radical (unpaired) electrons. The first-order valence-corrected chi connectivity index (χ1v) is 5.27. The van der Waals surface area contributed by atoms with Gasteiger partial charge in [-0.3, -0.25) is 4.79 Å². The summed E-state index contributed by atoms with van der Waals surface area (Å²) < 4.78 is 4.84. The number of amides is 1. The van der Waals surface area contributed by atoms with Crippen molar-refractivity contribution in [2.75, 3.05) is 5.32 Å². The van der Waals surface area contributed by atoms with Gasteiger partial charge in [0, 0.05) is 0 Å². The van der Waals surface area contributed by atoms with Crippen molar-refractivity contribution in [3.63, 3.8) is 0 Å². The van der Waals surface area contributed by atoms with E-state index in [0.717, 1.165) is 0 Å². The van der Waals surface area contributed by atoms with Crippen molar-refractivity contribution >= 4 is 11.6 Å². The maximum absolute atomic E-state index is 11.7. The maximum Gasteiger partial charge on any atom is 0.236 e. The fourth-order valence-corrected chi connectivity index (χ4v) is 1.43. The molecule has 1 N–H and O–H groups in total. The number of para-hydroxylation sites is 1. The number of nitriles is 1. The molecule has 1 aromatic carbocycles. The van der Waals surface area contributed by atoms with Crippen molar-refractivity contribution in [3.8, 4) is 6.07 Å². The first-order chi connectivity index (χ1) is 8.69. The van der Waals surface area contributed by atoms with Crippen LogP contribution in [0.3, 0.4) is 0 Å². The van der Waals surface area contributed by atoms with E-state index in [9.17, 15) is 4.79 Å². The van der Waals surface area contributed by atoms with Crippen molar-refractivity contribution in [3.05, 3.63) is 41.5 Å². The molecule has 2 aromatic rings. The molecule has 18 heavy (non-hydrogen) atoms. The van der Waals surface area contributed by atoms with E-state index in [-0.39, 0.29) is 18.2 Å². The van der Waals surface area contributed by atoms with Crippen LogP contribution in [0.5, 0.6) is 0 Å². The molecule has 1 amide bonds. The van der Waals surface area contributed by atoms with Crippen LogP contribution in [0.2, 0.25) is 0 Å². The van der Waals surface area contributed by atoms with E-state index in [4.69, 9.17) is 9.78 Å². The lowest BCUT2D eigenvalue weighted by molar-refractivity contribution is -0.115. The lowest BCUT2D eigenvalue weighted by Gasteiger charge is -2.04. The van der Waals surface area contributed by atoms with Gasteiger partial charge in [-0.1, -0.05) is 17.3 Å². The highest BCUT2D eigenvalue weighted by Crippen LogP contribution is 2.13. The van der Waals surface area contributed by atoms with Crippen LogP contribution >= 0.6 is 0 Å². The second-order valence-electron chi connectivity index (χ2n) is 3.62. The van der Waals surface area contributed by atoms with Crippen LogP contribution in [0.4, 0.5) is 5.69 Å². The Kier molecular flexibility index (Phi) is 3.34. The third-order valence-electron chi connectivity index (χ3n) is 2.20. The minimum absolute atomic E-state index is 0.0133. The van der Waals surface area contributed by atoms with Gasteiger partial charge in [0.1, 0.15) is 12.5 Å². The van der Waals surface area contributed by atoms with E-state index in [2.05, 4.69) is 15.5 Å². The topological polar surface area (TPSA) is 91.8 Å². The summed E-state index contributed by atoms with van der Waals surface area (Å²) in [4.78, 5) is 15.6. The van der Waals surface area contributed by atoms with Gasteiger partial charge < -0.3 is 9.84 Å². The van der Waals surface area contributed by atoms with E-state index < -0.39 is 0 Å². The molecule has 0 aliphatic rings. The summed E-state index contributed by atoms with van der Waals surface area (Å²) in [5, 5.41) is 15.1. The van der Waals surface area contributed by atoms with Crippen LogP contribution in [0.15, 0.2) is 28.8 Å². The minimum Gasteiger partial charge on any atom is -0.339 e. The van der Waals surface area contributed by atoms with Crippen LogP contribution in [-0.2, 0) is 11.2 Å². The van der Waals surface area contributed by atoms with Crippen molar-refractivity contribution in [1.29, 1.82) is 5.26 Å². The molecule has 6 heteroatoms. The molecule has 90 valence electrons. The van der Waals surface area contributed by atoms with Gasteiger partial charge in [0.05, 0.1) is 11.3 Å². The number of nitrogens with zero attached hydrogens (tertiary/aromatic N) is 3. The average molecular weight is 242 g/mol. The predicted octanol–water partition coefficient (Wildman–Crippen LogP) is 1.43. The molecule has 0 bridgehead atoms. The predicted molar refractivity (Wildman–Crippen MR) is 62.5 cm³/mol. The Morgan fingerprint density at radius 2 is 2.28 bits per heavy atom. The molecule has 6 nitrogen and oxygen atoms in total. The van der Waals surface area contributed by atoms with E-state index >= 15 is 0 Å².